The minimum absolute atomic E-state index is 0. The molecule has 0 aliphatic heterocycles. The van der Waals surface area contributed by atoms with E-state index in [0.29, 0.717) is 72.9 Å². The number of unbranched alkanes of at least 4 members (excludes halogenated alkanes) is 6. The number of benzene rings is 4. The second kappa shape index (κ2) is 36.5. The topological polar surface area (TPSA) is 243 Å². The molecule has 0 saturated carbocycles. The van der Waals surface area contributed by atoms with Crippen LogP contribution in [0.3, 0.4) is 0 Å². The summed E-state index contributed by atoms with van der Waals surface area (Å²) in [4.78, 5) is 60.6. The number of hydrogen-bond acceptors (Lipinski definition) is 16. The van der Waals surface area contributed by atoms with Gasteiger partial charge in [0.05, 0.1) is 75.5 Å². The van der Waals surface area contributed by atoms with Crippen LogP contribution in [-0.4, -0.2) is 94.9 Å². The van der Waals surface area contributed by atoms with Gasteiger partial charge >= 0.3 is 5.97 Å². The van der Waals surface area contributed by atoms with E-state index >= 15 is 0 Å². The van der Waals surface area contributed by atoms with Gasteiger partial charge in [-0.1, -0.05) is 74.2 Å². The highest BCUT2D eigenvalue weighted by atomic mass is 79.9. The number of hydrogen-bond donors (Lipinski definition) is 4. The molecule has 498 valence electrons. The number of para-hydroxylation sites is 8. The molecular formula is C68H76BrF4N17O4S. The molecule has 4 aromatic carbocycles. The van der Waals surface area contributed by atoms with E-state index in [0.717, 1.165) is 107 Å². The highest BCUT2D eigenvalue weighted by Crippen LogP contribution is 2.30. The number of carbonyl (C=O) groups is 2. The monoisotopic (exact) mass is 1380 g/mol. The van der Waals surface area contributed by atoms with Crippen molar-refractivity contribution in [2.45, 2.75) is 71.1 Å². The minimum Gasteiger partial charge on any atom is -0.466 e. The number of pyridine rings is 4. The number of nitrogens with two attached hydrogens (primary N) is 1. The zero-order valence-corrected chi connectivity index (χ0v) is 55.8. The molecule has 0 radical (unpaired) electrons. The number of aromatic nitrogens is 12. The SMILES string of the molecule is CCOC(=O)CCCCCCN(c1ccc(F)cn1)c1nc2ccccc2n1C.Cn1c(N(CCCCCCC(=O)NO)c2ccc(F)cn2)nc2ccccc21.Cn1c(N)nc2ccccc21.Cn1c(Nc2ccc(F)cn2)nc2ccccc21.Fc1ccc(Br)nc1.S. The van der Waals surface area contributed by atoms with Gasteiger partial charge in [0.15, 0.2) is 0 Å². The van der Waals surface area contributed by atoms with Gasteiger partial charge in [0.25, 0.3) is 0 Å². The fraction of sp³-hybridized carbons (Fsp3) is 0.265. The minimum atomic E-state index is -0.379. The summed E-state index contributed by atoms with van der Waals surface area (Å²) in [6.45, 7) is 3.62. The predicted octanol–water partition coefficient (Wildman–Crippen LogP) is 14.6. The number of nitrogen functional groups attached to an aromatic ring is 1. The molecule has 0 fully saturated rings. The lowest BCUT2D eigenvalue weighted by Crippen LogP contribution is -2.23. The summed E-state index contributed by atoms with van der Waals surface area (Å²) in [6.07, 6.45) is 12.6. The smallest absolute Gasteiger partial charge is 0.305 e. The van der Waals surface area contributed by atoms with E-state index in [2.05, 4.69) is 51.2 Å². The second-order valence-electron chi connectivity index (χ2n) is 21.3. The van der Waals surface area contributed by atoms with Crippen LogP contribution >= 0.6 is 29.4 Å². The molecule has 0 saturated heterocycles. The first-order chi connectivity index (χ1) is 45.5. The van der Waals surface area contributed by atoms with Gasteiger partial charge < -0.3 is 34.1 Å². The molecule has 27 heteroatoms. The first-order valence-electron chi connectivity index (χ1n) is 30.4. The van der Waals surface area contributed by atoms with Gasteiger partial charge in [-0.2, -0.15) is 13.5 Å². The molecule has 0 atom stereocenters. The summed E-state index contributed by atoms with van der Waals surface area (Å²) in [7, 11) is 7.75. The Kier molecular flexibility index (Phi) is 27.8. The molecule has 0 aliphatic carbocycles. The number of nitrogens with one attached hydrogen (secondary N) is 2. The number of aryl methyl sites for hydroxylation is 4. The number of rotatable bonds is 21. The Morgan fingerprint density at radius 2 is 0.916 bits per heavy atom. The van der Waals surface area contributed by atoms with Crippen molar-refractivity contribution in [2.75, 3.05) is 40.5 Å². The number of halogens is 5. The lowest BCUT2D eigenvalue weighted by Gasteiger charge is -2.22. The number of amides is 1. The molecule has 12 aromatic rings. The van der Waals surface area contributed by atoms with Crippen molar-refractivity contribution in [2.24, 2.45) is 28.2 Å². The first-order valence-corrected chi connectivity index (χ1v) is 31.2. The average Bonchev–Trinajstić information content (AvgIpc) is 1.67. The van der Waals surface area contributed by atoms with E-state index in [1.807, 2.05) is 160 Å². The van der Waals surface area contributed by atoms with Crippen LogP contribution in [0.2, 0.25) is 0 Å². The maximum atomic E-state index is 13.4. The van der Waals surface area contributed by atoms with Gasteiger partial charge in [-0.15, -0.1) is 0 Å². The van der Waals surface area contributed by atoms with E-state index in [1.54, 1.807) is 29.7 Å². The Morgan fingerprint density at radius 3 is 1.32 bits per heavy atom. The Balaban J connectivity index is 0.000000178. The highest BCUT2D eigenvalue weighted by molar-refractivity contribution is 9.10. The van der Waals surface area contributed by atoms with E-state index < -0.39 is 0 Å². The lowest BCUT2D eigenvalue weighted by molar-refractivity contribution is -0.143. The number of esters is 1. The molecule has 0 spiro atoms. The van der Waals surface area contributed by atoms with Crippen LogP contribution in [0, 0.1) is 23.3 Å². The lowest BCUT2D eigenvalue weighted by atomic mass is 10.1. The van der Waals surface area contributed by atoms with Crippen LogP contribution in [0.5, 0.6) is 0 Å². The molecule has 95 heavy (non-hydrogen) atoms. The van der Waals surface area contributed by atoms with Crippen LogP contribution in [0.15, 0.2) is 175 Å². The van der Waals surface area contributed by atoms with Crippen LogP contribution in [0.25, 0.3) is 44.1 Å². The van der Waals surface area contributed by atoms with Crippen molar-refractivity contribution in [1.82, 2.24) is 63.6 Å². The van der Waals surface area contributed by atoms with Crippen molar-refractivity contribution >= 4 is 127 Å². The van der Waals surface area contributed by atoms with E-state index in [1.165, 1.54) is 42.9 Å². The first kappa shape index (κ1) is 72.4. The Hall–Kier alpha value is -9.99. The number of carbonyl (C=O) groups excluding carboxylic acids is 2. The number of anilines is 7. The van der Waals surface area contributed by atoms with E-state index in [-0.39, 0.29) is 48.6 Å². The maximum absolute atomic E-state index is 13.4. The molecule has 5 N–H and O–H groups in total. The Bertz CT molecular complexity index is 4330. The normalized spacial score (nSPS) is 10.6. The quantitative estimate of drug-likeness (QED) is 0.0130. The largest absolute Gasteiger partial charge is 0.466 e. The van der Waals surface area contributed by atoms with Crippen molar-refractivity contribution in [3.05, 3.63) is 198 Å². The summed E-state index contributed by atoms with van der Waals surface area (Å²) in [5.41, 5.74) is 15.1. The van der Waals surface area contributed by atoms with Crippen molar-refractivity contribution in [1.29, 1.82) is 0 Å². The van der Waals surface area contributed by atoms with Crippen molar-refractivity contribution in [3.63, 3.8) is 0 Å². The standard InChI is InChI=1S/C22H27FN4O2.C20H24FN5O2.C13H11FN4.C8H9N3.C5H3BrFN.H2S/c1-3-29-21(28)12-6-4-5-9-15-27(20-14-13-17(23)16-24-20)22-25-18-10-7-8-11-19(18)26(22)2;1-25-17-9-6-5-8-16(17)23-20(25)26(18-12-11-15(21)14-22-18)13-7-3-2-4-10-19(27)24-28;1-18-11-5-3-2-4-10(11)16-13(18)17-12-7-6-9(14)8-15-12;1-11-7-5-3-2-4-6(7)10-8(11)9;6-5-2-1-4(7)3-8-5;/h7-8,10-11,13-14,16H,3-6,9,12,15H2,1-2H3;5-6,8-9,11-12,14,28H,2-4,7,10,13H2,1H3,(H,24,27);2-8H,1H3,(H,15,16,17);2-5H,1H3,(H2,9,10);1-3H;1H2. The maximum Gasteiger partial charge on any atom is 0.305 e. The molecule has 0 unspecified atom stereocenters. The number of hydroxylamine groups is 1. The fourth-order valence-corrected chi connectivity index (χ4v) is 10.1. The molecule has 0 aliphatic rings. The van der Waals surface area contributed by atoms with Crippen LogP contribution < -0.4 is 26.3 Å². The molecule has 1 amide bonds. The van der Waals surface area contributed by atoms with Gasteiger partial charge in [0.1, 0.15) is 45.3 Å². The van der Waals surface area contributed by atoms with Crippen LogP contribution in [0.1, 0.15) is 71.1 Å². The zero-order chi connectivity index (χ0) is 66.9. The molecule has 0 bridgehead atoms. The zero-order valence-electron chi connectivity index (χ0n) is 53.3. The van der Waals surface area contributed by atoms with Gasteiger partial charge in [0.2, 0.25) is 29.7 Å². The number of nitrogens with zero attached hydrogens (tertiary/aromatic N) is 14. The van der Waals surface area contributed by atoms with Gasteiger partial charge in [-0.25, -0.2) is 62.9 Å². The highest BCUT2D eigenvalue weighted by Gasteiger charge is 2.20. The summed E-state index contributed by atoms with van der Waals surface area (Å²) < 4.78 is 64.9. The molecule has 21 nitrogen and oxygen atoms in total. The van der Waals surface area contributed by atoms with Crippen molar-refractivity contribution < 1.29 is 37.1 Å². The summed E-state index contributed by atoms with van der Waals surface area (Å²) in [6, 6.07) is 43.5. The summed E-state index contributed by atoms with van der Waals surface area (Å²) >= 11 is 3.07. The second-order valence-corrected chi connectivity index (χ2v) is 22.2. The molecule has 8 aromatic heterocycles. The van der Waals surface area contributed by atoms with Crippen LogP contribution in [0.4, 0.5) is 58.8 Å². The van der Waals surface area contributed by atoms with Gasteiger partial charge in [-0.3, -0.25) is 24.6 Å². The molecule has 8 heterocycles. The third-order valence-corrected chi connectivity index (χ3v) is 15.2. The predicted molar refractivity (Wildman–Crippen MR) is 372 cm³/mol. The molecule has 12 rings (SSSR count). The van der Waals surface area contributed by atoms with E-state index in [9.17, 15) is 27.2 Å². The summed E-state index contributed by atoms with van der Waals surface area (Å²) in [5, 5.41) is 11.6. The number of fused-ring (bicyclic) bond motifs is 4. The number of imidazole rings is 4. The fourth-order valence-electron chi connectivity index (χ4n) is 9.87. The number of ether oxygens (including phenoxy) is 1. The van der Waals surface area contributed by atoms with Crippen LogP contribution in [-0.2, 0) is 42.5 Å². The Labute approximate surface area is 562 Å². The summed E-state index contributed by atoms with van der Waals surface area (Å²) in [5.74, 6) is 2.72. The Morgan fingerprint density at radius 1 is 0.505 bits per heavy atom. The van der Waals surface area contributed by atoms with Gasteiger partial charge in [0, 0.05) is 54.1 Å². The third kappa shape index (κ3) is 20.8. The molecular weight excluding hydrogens is 1310 g/mol. The average molecular weight is 1380 g/mol. The van der Waals surface area contributed by atoms with Gasteiger partial charge in [-0.05, 0) is 146 Å². The van der Waals surface area contributed by atoms with Crippen molar-refractivity contribution in [3.8, 4) is 0 Å². The third-order valence-electron chi connectivity index (χ3n) is 14.7. The van der Waals surface area contributed by atoms with E-state index in [4.69, 9.17) is 25.6 Å².